The topological polar surface area (TPSA) is 63.4 Å². The number of likely N-dealkylation sites (tertiary alicyclic amines) is 1. The molecule has 2 rings (SSSR count). The average molecular weight is 278 g/mol. The molecule has 0 aromatic heterocycles. The van der Waals surface area contributed by atoms with E-state index in [1.54, 1.807) is 4.90 Å². The van der Waals surface area contributed by atoms with E-state index >= 15 is 0 Å². The molecule has 0 bridgehead atoms. The predicted molar refractivity (Wildman–Crippen MR) is 76.8 cm³/mol. The first kappa shape index (κ1) is 13.9. The summed E-state index contributed by atoms with van der Waals surface area (Å²) >= 11 is 4.38. The molecule has 5 heteroatoms. The van der Waals surface area contributed by atoms with Gasteiger partial charge in [-0.3, -0.25) is 9.59 Å². The molecule has 1 aromatic carbocycles. The molecule has 19 heavy (non-hydrogen) atoms. The molecule has 1 aromatic rings. The smallest absolute Gasteiger partial charge is 0.240 e. The lowest BCUT2D eigenvalue weighted by molar-refractivity contribution is -0.136. The van der Waals surface area contributed by atoms with Gasteiger partial charge in [0.15, 0.2) is 0 Å². The molecule has 2 unspecified atom stereocenters. The second-order valence-electron chi connectivity index (χ2n) is 4.80. The highest BCUT2D eigenvalue weighted by Crippen LogP contribution is 2.20. The van der Waals surface area contributed by atoms with E-state index in [1.165, 1.54) is 0 Å². The maximum Gasteiger partial charge on any atom is 0.240 e. The van der Waals surface area contributed by atoms with Crippen molar-refractivity contribution >= 4 is 24.4 Å². The number of carbonyl (C=O) groups excluding carboxylic acids is 2. The molecule has 1 aliphatic heterocycles. The monoisotopic (exact) mass is 278 g/mol. The van der Waals surface area contributed by atoms with Crippen molar-refractivity contribution in [1.29, 1.82) is 0 Å². The summed E-state index contributed by atoms with van der Waals surface area (Å²) in [4.78, 5) is 25.2. The van der Waals surface area contributed by atoms with Gasteiger partial charge in [-0.25, -0.2) is 0 Å². The summed E-state index contributed by atoms with van der Waals surface area (Å²) in [6.45, 7) is 0.596. The number of carbonyl (C=O) groups is 2. The second kappa shape index (κ2) is 6.10. The minimum Gasteiger partial charge on any atom is -0.368 e. The highest BCUT2D eigenvalue weighted by Gasteiger charge is 2.34. The van der Waals surface area contributed by atoms with Crippen LogP contribution >= 0.6 is 12.6 Å². The van der Waals surface area contributed by atoms with Crippen LogP contribution < -0.4 is 5.73 Å². The lowest BCUT2D eigenvalue weighted by atomic mass is 10.1. The maximum atomic E-state index is 12.3. The van der Waals surface area contributed by atoms with E-state index in [0.717, 1.165) is 12.0 Å². The lowest BCUT2D eigenvalue weighted by Gasteiger charge is -2.25. The van der Waals surface area contributed by atoms with Gasteiger partial charge in [0.2, 0.25) is 11.8 Å². The van der Waals surface area contributed by atoms with E-state index < -0.39 is 17.2 Å². The molecule has 2 amide bonds. The van der Waals surface area contributed by atoms with Crippen LogP contribution in [-0.2, 0) is 16.0 Å². The van der Waals surface area contributed by atoms with E-state index in [4.69, 9.17) is 5.73 Å². The normalized spacial score (nSPS) is 20.3. The minimum atomic E-state index is -0.460. The fourth-order valence-corrected chi connectivity index (χ4v) is 2.80. The number of nitrogens with two attached hydrogens (primary N) is 1. The van der Waals surface area contributed by atoms with Gasteiger partial charge in [-0.15, -0.1) is 0 Å². The summed E-state index contributed by atoms with van der Waals surface area (Å²) in [7, 11) is 0. The van der Waals surface area contributed by atoms with Gasteiger partial charge in [0.05, 0.1) is 5.25 Å². The molecule has 102 valence electrons. The third-order valence-corrected chi connectivity index (χ3v) is 3.82. The van der Waals surface area contributed by atoms with Gasteiger partial charge in [0, 0.05) is 6.54 Å². The number of hydrogen-bond donors (Lipinski definition) is 2. The first-order chi connectivity index (χ1) is 9.09. The highest BCUT2D eigenvalue weighted by molar-refractivity contribution is 7.81. The van der Waals surface area contributed by atoms with E-state index in [-0.39, 0.29) is 5.91 Å². The molecule has 1 aliphatic rings. The molecule has 1 saturated heterocycles. The van der Waals surface area contributed by atoms with Crippen molar-refractivity contribution in [2.75, 3.05) is 6.54 Å². The van der Waals surface area contributed by atoms with Gasteiger partial charge in [0.25, 0.3) is 0 Å². The zero-order chi connectivity index (χ0) is 13.8. The van der Waals surface area contributed by atoms with Crippen LogP contribution in [0.15, 0.2) is 30.3 Å². The van der Waals surface area contributed by atoms with Gasteiger partial charge in [-0.1, -0.05) is 30.3 Å². The molecule has 0 saturated carbocycles. The summed E-state index contributed by atoms with van der Waals surface area (Å²) in [6.07, 6.45) is 2.04. The van der Waals surface area contributed by atoms with Crippen LogP contribution in [0.3, 0.4) is 0 Å². The van der Waals surface area contributed by atoms with Crippen molar-refractivity contribution < 1.29 is 9.59 Å². The Morgan fingerprint density at radius 2 is 2.05 bits per heavy atom. The number of benzene rings is 1. The van der Waals surface area contributed by atoms with Crippen LogP contribution in [0, 0.1) is 0 Å². The van der Waals surface area contributed by atoms with Crippen LogP contribution in [0.5, 0.6) is 0 Å². The Kier molecular flexibility index (Phi) is 4.47. The van der Waals surface area contributed by atoms with Crippen LogP contribution in [0.4, 0.5) is 0 Å². The number of rotatable bonds is 4. The maximum absolute atomic E-state index is 12.3. The van der Waals surface area contributed by atoms with Gasteiger partial charge in [0.1, 0.15) is 6.04 Å². The highest BCUT2D eigenvalue weighted by atomic mass is 32.1. The van der Waals surface area contributed by atoms with E-state index in [1.807, 2.05) is 30.3 Å². The Morgan fingerprint density at radius 1 is 1.37 bits per heavy atom. The minimum absolute atomic E-state index is 0.103. The third kappa shape index (κ3) is 3.29. The van der Waals surface area contributed by atoms with E-state index in [9.17, 15) is 9.59 Å². The van der Waals surface area contributed by atoms with E-state index in [0.29, 0.717) is 19.4 Å². The molecular weight excluding hydrogens is 260 g/mol. The molecule has 4 nitrogen and oxygen atoms in total. The van der Waals surface area contributed by atoms with Gasteiger partial charge >= 0.3 is 0 Å². The molecule has 0 radical (unpaired) electrons. The number of amides is 2. The Hall–Kier alpha value is -1.49. The first-order valence-electron chi connectivity index (χ1n) is 6.41. The summed E-state index contributed by atoms with van der Waals surface area (Å²) in [5.41, 5.74) is 6.38. The van der Waals surface area contributed by atoms with Gasteiger partial charge in [-0.2, -0.15) is 12.6 Å². The molecule has 0 spiro atoms. The number of hydrogen-bond acceptors (Lipinski definition) is 3. The Bertz CT molecular complexity index is 464. The summed E-state index contributed by atoms with van der Waals surface area (Å²) in [5, 5.41) is -0.428. The fourth-order valence-electron chi connectivity index (χ4n) is 2.44. The largest absolute Gasteiger partial charge is 0.368 e. The zero-order valence-electron chi connectivity index (χ0n) is 10.7. The average Bonchev–Trinajstić information content (AvgIpc) is 2.88. The first-order valence-corrected chi connectivity index (χ1v) is 6.93. The van der Waals surface area contributed by atoms with Crippen LogP contribution in [0.2, 0.25) is 0 Å². The van der Waals surface area contributed by atoms with Crippen molar-refractivity contribution in [3.05, 3.63) is 35.9 Å². The second-order valence-corrected chi connectivity index (χ2v) is 5.42. The summed E-state index contributed by atoms with van der Waals surface area (Å²) in [6, 6.07) is 9.27. The van der Waals surface area contributed by atoms with Crippen molar-refractivity contribution in [2.45, 2.75) is 30.6 Å². The molecule has 0 aliphatic carbocycles. The van der Waals surface area contributed by atoms with Crippen molar-refractivity contribution in [1.82, 2.24) is 4.90 Å². The van der Waals surface area contributed by atoms with Gasteiger partial charge in [-0.05, 0) is 24.8 Å². The predicted octanol–water partition coefficient (Wildman–Crippen LogP) is 1.00. The van der Waals surface area contributed by atoms with Crippen molar-refractivity contribution in [3.63, 3.8) is 0 Å². The summed E-state index contributed by atoms with van der Waals surface area (Å²) < 4.78 is 0. The number of thiol groups is 1. The van der Waals surface area contributed by atoms with E-state index in [2.05, 4.69) is 12.6 Å². The van der Waals surface area contributed by atoms with Crippen molar-refractivity contribution in [3.8, 4) is 0 Å². The van der Waals surface area contributed by atoms with Crippen LogP contribution in [-0.4, -0.2) is 34.6 Å². The zero-order valence-corrected chi connectivity index (χ0v) is 11.6. The summed E-state index contributed by atoms with van der Waals surface area (Å²) in [5.74, 6) is -0.528. The SMILES string of the molecule is NC(=O)C1CCCN1C(=O)C(S)Cc1ccccc1. The Labute approximate surface area is 118 Å². The number of primary amides is 1. The third-order valence-electron chi connectivity index (χ3n) is 3.42. The molecule has 2 N–H and O–H groups in total. The van der Waals surface area contributed by atoms with Crippen LogP contribution in [0.25, 0.3) is 0 Å². The molecular formula is C14H18N2O2S. The van der Waals surface area contributed by atoms with Crippen LogP contribution in [0.1, 0.15) is 18.4 Å². The standard InChI is InChI=1S/C14H18N2O2S/c15-13(17)11-7-4-8-16(11)14(18)12(19)9-10-5-2-1-3-6-10/h1-3,5-6,11-12,19H,4,7-9H2,(H2,15,17). The molecule has 2 atom stereocenters. The number of nitrogens with zero attached hydrogens (tertiary/aromatic N) is 1. The quantitative estimate of drug-likeness (QED) is 0.807. The molecule has 1 fully saturated rings. The Morgan fingerprint density at radius 3 is 2.68 bits per heavy atom. The van der Waals surface area contributed by atoms with Crippen molar-refractivity contribution in [2.24, 2.45) is 5.73 Å². The Balaban J connectivity index is 2.01. The molecule has 1 heterocycles. The van der Waals surface area contributed by atoms with Gasteiger partial charge < -0.3 is 10.6 Å². The fraction of sp³-hybridized carbons (Fsp3) is 0.429. The lowest BCUT2D eigenvalue weighted by Crippen LogP contribution is -2.46.